The van der Waals surface area contributed by atoms with Gasteiger partial charge in [-0.2, -0.15) is 13.2 Å². The summed E-state index contributed by atoms with van der Waals surface area (Å²) >= 11 is 0. The number of hydrogen-bond acceptors (Lipinski definition) is 2. The largest absolute Gasteiger partial charge is 0.416 e. The highest BCUT2D eigenvalue weighted by Gasteiger charge is 2.33. The lowest BCUT2D eigenvalue weighted by atomic mass is 10.0. The van der Waals surface area contributed by atoms with E-state index in [1.54, 1.807) is 0 Å². The number of alkyl halides is 3. The maximum absolute atomic E-state index is 13.4. The fraction of sp³-hybridized carbons (Fsp3) is 0.538. The lowest BCUT2D eigenvalue weighted by molar-refractivity contribution is -0.137. The molecule has 1 aromatic carbocycles. The molecule has 1 fully saturated rings. The summed E-state index contributed by atoms with van der Waals surface area (Å²) in [4.78, 5) is 0. The Hall–Kier alpha value is -1.30. The molecule has 0 aromatic heterocycles. The first-order chi connectivity index (χ1) is 8.80. The van der Waals surface area contributed by atoms with E-state index in [1.165, 1.54) is 0 Å². The standard InChI is InChI=1S/C13H15F4NO/c14-10-4-3-9(13(15,16)17)7-11(10)18-8-12(19)5-1-2-6-12/h3-4,7,18-19H,1-2,5-6,8H2. The monoisotopic (exact) mass is 277 g/mol. The first kappa shape index (κ1) is 14.1. The summed E-state index contributed by atoms with van der Waals surface area (Å²) in [5, 5.41) is 12.6. The highest BCUT2D eigenvalue weighted by Crippen LogP contribution is 2.33. The normalized spacial score (nSPS) is 18.6. The first-order valence-electron chi connectivity index (χ1n) is 6.13. The molecular formula is C13H15F4NO. The summed E-state index contributed by atoms with van der Waals surface area (Å²) < 4.78 is 51.0. The summed E-state index contributed by atoms with van der Waals surface area (Å²) in [5.41, 5.74) is -2.08. The van der Waals surface area contributed by atoms with E-state index in [4.69, 9.17) is 0 Å². The van der Waals surface area contributed by atoms with Crippen LogP contribution in [0, 0.1) is 5.82 Å². The van der Waals surface area contributed by atoms with Crippen LogP contribution in [0.25, 0.3) is 0 Å². The highest BCUT2D eigenvalue weighted by molar-refractivity contribution is 5.48. The van der Waals surface area contributed by atoms with Crippen LogP contribution in [0.1, 0.15) is 31.2 Å². The molecule has 6 heteroatoms. The smallest absolute Gasteiger partial charge is 0.388 e. The highest BCUT2D eigenvalue weighted by atomic mass is 19.4. The van der Waals surface area contributed by atoms with Crippen LogP contribution < -0.4 is 5.32 Å². The molecule has 0 atom stereocenters. The predicted octanol–water partition coefficient (Wildman–Crippen LogP) is 3.56. The number of rotatable bonds is 3. The maximum atomic E-state index is 13.4. The van der Waals surface area contributed by atoms with E-state index in [2.05, 4.69) is 5.32 Å². The van der Waals surface area contributed by atoms with Gasteiger partial charge in [0.2, 0.25) is 0 Å². The maximum Gasteiger partial charge on any atom is 0.416 e. The predicted molar refractivity (Wildman–Crippen MR) is 63.3 cm³/mol. The van der Waals surface area contributed by atoms with E-state index in [0.717, 1.165) is 25.0 Å². The van der Waals surface area contributed by atoms with E-state index >= 15 is 0 Å². The Morgan fingerprint density at radius 1 is 1.21 bits per heavy atom. The van der Waals surface area contributed by atoms with Gasteiger partial charge in [-0.25, -0.2) is 4.39 Å². The number of benzene rings is 1. The minimum Gasteiger partial charge on any atom is -0.388 e. The second-order valence-electron chi connectivity index (χ2n) is 4.98. The van der Waals surface area contributed by atoms with E-state index in [0.29, 0.717) is 18.9 Å². The summed E-state index contributed by atoms with van der Waals surface area (Å²) in [6.07, 6.45) is -1.58. The van der Waals surface area contributed by atoms with Crippen molar-refractivity contribution in [3.63, 3.8) is 0 Å². The molecule has 0 unspecified atom stereocenters. The van der Waals surface area contributed by atoms with Gasteiger partial charge in [0.05, 0.1) is 16.9 Å². The van der Waals surface area contributed by atoms with Gasteiger partial charge >= 0.3 is 6.18 Å². The van der Waals surface area contributed by atoms with E-state index < -0.39 is 23.2 Å². The zero-order chi connectivity index (χ0) is 14.1. The SMILES string of the molecule is OC1(CNc2cc(C(F)(F)F)ccc2F)CCCC1. The molecule has 2 rings (SSSR count). The molecule has 0 bridgehead atoms. The fourth-order valence-electron chi connectivity index (χ4n) is 2.31. The van der Waals surface area contributed by atoms with Crippen molar-refractivity contribution in [1.82, 2.24) is 0 Å². The van der Waals surface area contributed by atoms with Crippen molar-refractivity contribution in [1.29, 1.82) is 0 Å². The van der Waals surface area contributed by atoms with Crippen LogP contribution in [0.4, 0.5) is 23.2 Å². The van der Waals surface area contributed by atoms with Crippen molar-refractivity contribution < 1.29 is 22.7 Å². The van der Waals surface area contributed by atoms with Gasteiger partial charge in [-0.15, -0.1) is 0 Å². The molecule has 0 radical (unpaired) electrons. The average molecular weight is 277 g/mol. The summed E-state index contributed by atoms with van der Waals surface area (Å²) in [6.45, 7) is 0.0607. The second-order valence-corrected chi connectivity index (χ2v) is 4.98. The molecule has 1 aliphatic carbocycles. The van der Waals surface area contributed by atoms with Crippen LogP contribution in [0.3, 0.4) is 0 Å². The molecule has 0 amide bonds. The fourth-order valence-corrected chi connectivity index (χ4v) is 2.31. The molecule has 0 saturated heterocycles. The second kappa shape index (κ2) is 5.00. The minimum atomic E-state index is -4.51. The van der Waals surface area contributed by atoms with Crippen LogP contribution in [0.15, 0.2) is 18.2 Å². The Labute approximate surface area is 108 Å². The summed E-state index contributed by atoms with van der Waals surface area (Å²) in [7, 11) is 0. The summed E-state index contributed by atoms with van der Waals surface area (Å²) in [6, 6.07) is 2.21. The number of halogens is 4. The number of anilines is 1. The van der Waals surface area contributed by atoms with Crippen LogP contribution in [-0.4, -0.2) is 17.3 Å². The molecule has 2 nitrogen and oxygen atoms in total. The van der Waals surface area contributed by atoms with Crippen molar-refractivity contribution in [3.8, 4) is 0 Å². The zero-order valence-corrected chi connectivity index (χ0v) is 10.2. The topological polar surface area (TPSA) is 32.3 Å². The third-order valence-electron chi connectivity index (χ3n) is 3.44. The van der Waals surface area contributed by atoms with Gasteiger partial charge in [0.1, 0.15) is 5.82 Å². The van der Waals surface area contributed by atoms with Gasteiger partial charge in [0.25, 0.3) is 0 Å². The third-order valence-corrected chi connectivity index (χ3v) is 3.44. The van der Waals surface area contributed by atoms with Crippen molar-refractivity contribution in [2.45, 2.75) is 37.5 Å². The van der Waals surface area contributed by atoms with Gasteiger partial charge in [0, 0.05) is 6.54 Å². The van der Waals surface area contributed by atoms with Crippen LogP contribution in [0.2, 0.25) is 0 Å². The molecule has 1 saturated carbocycles. The lowest BCUT2D eigenvalue weighted by Gasteiger charge is -2.23. The Bertz CT molecular complexity index is 452. The van der Waals surface area contributed by atoms with Crippen molar-refractivity contribution in [2.24, 2.45) is 0 Å². The zero-order valence-electron chi connectivity index (χ0n) is 10.2. The Morgan fingerprint density at radius 2 is 1.84 bits per heavy atom. The number of aliphatic hydroxyl groups is 1. The molecule has 1 aliphatic rings. The van der Waals surface area contributed by atoms with Crippen LogP contribution >= 0.6 is 0 Å². The van der Waals surface area contributed by atoms with E-state index in [1.807, 2.05) is 0 Å². The van der Waals surface area contributed by atoms with Gasteiger partial charge in [-0.05, 0) is 31.0 Å². The van der Waals surface area contributed by atoms with Gasteiger partial charge in [0.15, 0.2) is 0 Å². The lowest BCUT2D eigenvalue weighted by Crippen LogP contribution is -2.33. The Balaban J connectivity index is 2.11. The van der Waals surface area contributed by atoms with Crippen LogP contribution in [-0.2, 0) is 6.18 Å². The molecule has 0 spiro atoms. The van der Waals surface area contributed by atoms with Gasteiger partial charge in [-0.3, -0.25) is 0 Å². The van der Waals surface area contributed by atoms with Crippen molar-refractivity contribution in [3.05, 3.63) is 29.6 Å². The first-order valence-corrected chi connectivity index (χ1v) is 6.13. The minimum absolute atomic E-state index is 0.0607. The Morgan fingerprint density at radius 3 is 2.42 bits per heavy atom. The van der Waals surface area contributed by atoms with Crippen molar-refractivity contribution in [2.75, 3.05) is 11.9 Å². The Kier molecular flexibility index (Phi) is 3.71. The molecule has 106 valence electrons. The number of nitrogens with one attached hydrogen (secondary N) is 1. The quantitative estimate of drug-likeness (QED) is 0.828. The third kappa shape index (κ3) is 3.37. The van der Waals surface area contributed by atoms with Gasteiger partial charge < -0.3 is 10.4 Å². The molecule has 0 heterocycles. The summed E-state index contributed by atoms with van der Waals surface area (Å²) in [5.74, 6) is -0.755. The van der Waals surface area contributed by atoms with E-state index in [9.17, 15) is 22.7 Å². The van der Waals surface area contributed by atoms with Crippen molar-refractivity contribution >= 4 is 5.69 Å². The molecule has 2 N–H and O–H groups in total. The molecule has 19 heavy (non-hydrogen) atoms. The molecule has 1 aromatic rings. The molecule has 0 aliphatic heterocycles. The molecular weight excluding hydrogens is 262 g/mol. The average Bonchev–Trinajstić information content (AvgIpc) is 2.74. The number of hydrogen-bond donors (Lipinski definition) is 2. The van der Waals surface area contributed by atoms with Gasteiger partial charge in [-0.1, -0.05) is 12.8 Å². The van der Waals surface area contributed by atoms with Crippen LogP contribution in [0.5, 0.6) is 0 Å². The van der Waals surface area contributed by atoms with E-state index in [-0.39, 0.29) is 12.2 Å².